The number of rotatable bonds is 1. The zero-order valence-electron chi connectivity index (χ0n) is 5.65. The van der Waals surface area contributed by atoms with Crippen LogP contribution in [-0.2, 0) is 0 Å². The average molecular weight is 136 g/mol. The van der Waals surface area contributed by atoms with Crippen molar-refractivity contribution < 1.29 is 0 Å². The first-order valence-corrected chi connectivity index (χ1v) is 2.87. The lowest BCUT2D eigenvalue weighted by Crippen LogP contribution is -1.80. The predicted octanol–water partition coefficient (Wildman–Crippen LogP) is 1.35. The number of nitrogens with zero attached hydrogens (tertiary/aromatic N) is 3. The van der Waals surface area contributed by atoms with Gasteiger partial charge in [-0.1, -0.05) is 5.22 Å². The Labute approximate surface area is 58.8 Å². The second kappa shape index (κ2) is 2.91. The molecule has 0 atom stereocenters. The molecule has 0 saturated heterocycles. The van der Waals surface area contributed by atoms with E-state index in [9.17, 15) is 0 Å². The molecule has 1 aromatic rings. The lowest BCUT2D eigenvalue weighted by Gasteiger charge is -1.92. The molecule has 4 heteroatoms. The minimum atomic E-state index is 0.713. The first kappa shape index (κ1) is 6.67. The van der Waals surface area contributed by atoms with Crippen molar-refractivity contribution in [1.29, 1.82) is 0 Å². The lowest BCUT2D eigenvalue weighted by atomic mass is 10.3. The van der Waals surface area contributed by atoms with Crippen LogP contribution in [0.25, 0.3) is 0 Å². The number of aromatic nitrogens is 1. The molecule has 10 heavy (non-hydrogen) atoms. The Kier molecular flexibility index (Phi) is 1.94. The Morgan fingerprint density at radius 3 is 3.00 bits per heavy atom. The molecule has 1 aromatic heterocycles. The molecule has 0 aliphatic rings. The number of nitrogens with two attached hydrogens (primary N) is 1. The highest BCUT2D eigenvalue weighted by Gasteiger charge is 1.92. The van der Waals surface area contributed by atoms with Gasteiger partial charge in [0.2, 0.25) is 0 Å². The van der Waals surface area contributed by atoms with E-state index in [1.54, 1.807) is 18.3 Å². The van der Waals surface area contributed by atoms with Gasteiger partial charge in [0.25, 0.3) is 0 Å². The van der Waals surface area contributed by atoms with E-state index >= 15 is 0 Å². The summed E-state index contributed by atoms with van der Waals surface area (Å²) in [5, 5.41) is 6.80. The third kappa shape index (κ3) is 1.28. The Morgan fingerprint density at radius 1 is 1.60 bits per heavy atom. The smallest absolute Gasteiger partial charge is 0.109 e. The molecule has 0 spiro atoms. The molecule has 0 bridgehead atoms. The van der Waals surface area contributed by atoms with E-state index in [-0.39, 0.29) is 0 Å². The van der Waals surface area contributed by atoms with Crippen LogP contribution in [0.3, 0.4) is 0 Å². The van der Waals surface area contributed by atoms with Gasteiger partial charge in [-0.2, -0.15) is 0 Å². The van der Waals surface area contributed by atoms with E-state index in [0.717, 1.165) is 5.69 Å². The van der Waals surface area contributed by atoms with Gasteiger partial charge in [-0.15, -0.1) is 5.11 Å². The Hall–Kier alpha value is -1.45. The third-order valence-electron chi connectivity index (χ3n) is 1.14. The molecule has 0 aliphatic heterocycles. The fourth-order valence-electron chi connectivity index (χ4n) is 0.644. The maximum absolute atomic E-state index is 4.86. The van der Waals surface area contributed by atoms with Crippen molar-refractivity contribution >= 4 is 5.69 Å². The Morgan fingerprint density at radius 2 is 2.40 bits per heavy atom. The van der Waals surface area contributed by atoms with Gasteiger partial charge in [0.05, 0.1) is 5.69 Å². The number of pyridine rings is 1. The van der Waals surface area contributed by atoms with Crippen molar-refractivity contribution in [2.45, 2.75) is 6.92 Å². The van der Waals surface area contributed by atoms with Crippen LogP contribution in [0.4, 0.5) is 5.69 Å². The van der Waals surface area contributed by atoms with Crippen molar-refractivity contribution in [3.63, 3.8) is 0 Å². The second-order valence-corrected chi connectivity index (χ2v) is 1.82. The zero-order chi connectivity index (χ0) is 7.40. The molecule has 0 unspecified atom stereocenters. The molecule has 0 aliphatic carbocycles. The van der Waals surface area contributed by atoms with Crippen LogP contribution in [-0.4, -0.2) is 4.98 Å². The van der Waals surface area contributed by atoms with E-state index in [1.807, 2.05) is 6.92 Å². The highest BCUT2D eigenvalue weighted by molar-refractivity contribution is 5.39. The summed E-state index contributed by atoms with van der Waals surface area (Å²) < 4.78 is 0. The SMILES string of the molecule is Cc1ncccc1N=NN. The van der Waals surface area contributed by atoms with Crippen molar-refractivity contribution in [2.24, 2.45) is 16.2 Å². The molecule has 2 N–H and O–H groups in total. The molecule has 0 aromatic carbocycles. The minimum Gasteiger partial charge on any atom is -0.305 e. The summed E-state index contributed by atoms with van der Waals surface area (Å²) in [5.41, 5.74) is 1.54. The summed E-state index contributed by atoms with van der Waals surface area (Å²) in [4.78, 5) is 3.99. The summed E-state index contributed by atoms with van der Waals surface area (Å²) in [5.74, 6) is 4.86. The predicted molar refractivity (Wildman–Crippen MR) is 37.7 cm³/mol. The van der Waals surface area contributed by atoms with Gasteiger partial charge < -0.3 is 5.84 Å². The highest BCUT2D eigenvalue weighted by atomic mass is 15.3. The molecular formula is C6H8N4. The summed E-state index contributed by atoms with van der Waals surface area (Å²) in [6.45, 7) is 1.85. The van der Waals surface area contributed by atoms with Crippen LogP contribution in [0.5, 0.6) is 0 Å². The molecular weight excluding hydrogens is 128 g/mol. The van der Waals surface area contributed by atoms with Gasteiger partial charge in [0.15, 0.2) is 0 Å². The van der Waals surface area contributed by atoms with Crippen LogP contribution in [0.2, 0.25) is 0 Å². The van der Waals surface area contributed by atoms with Crippen molar-refractivity contribution in [1.82, 2.24) is 4.98 Å². The van der Waals surface area contributed by atoms with Gasteiger partial charge in [0, 0.05) is 6.20 Å². The van der Waals surface area contributed by atoms with Gasteiger partial charge in [0.1, 0.15) is 5.69 Å². The fourth-order valence-corrected chi connectivity index (χ4v) is 0.644. The lowest BCUT2D eigenvalue weighted by molar-refractivity contribution is 1.04. The van der Waals surface area contributed by atoms with E-state index in [1.165, 1.54) is 0 Å². The molecule has 0 saturated carbocycles. The van der Waals surface area contributed by atoms with Crippen LogP contribution in [0, 0.1) is 6.92 Å². The van der Waals surface area contributed by atoms with Crippen LogP contribution >= 0.6 is 0 Å². The summed E-state index contributed by atoms with van der Waals surface area (Å²) in [6, 6.07) is 3.59. The molecule has 4 nitrogen and oxygen atoms in total. The third-order valence-corrected chi connectivity index (χ3v) is 1.14. The van der Waals surface area contributed by atoms with Gasteiger partial charge in [-0.25, -0.2) is 0 Å². The summed E-state index contributed by atoms with van der Waals surface area (Å²) >= 11 is 0. The molecule has 1 rings (SSSR count). The minimum absolute atomic E-state index is 0.713. The van der Waals surface area contributed by atoms with Gasteiger partial charge in [-0.05, 0) is 19.1 Å². The second-order valence-electron chi connectivity index (χ2n) is 1.82. The normalized spacial score (nSPS) is 10.5. The maximum Gasteiger partial charge on any atom is 0.109 e. The molecule has 0 radical (unpaired) electrons. The number of hydrogen-bond donors (Lipinski definition) is 1. The first-order chi connectivity index (χ1) is 4.84. The molecule has 0 fully saturated rings. The number of hydrogen-bond acceptors (Lipinski definition) is 3. The Bertz CT molecular complexity index is 243. The molecule has 1 heterocycles. The fraction of sp³-hybridized carbons (Fsp3) is 0.167. The number of aryl methyl sites for hydroxylation is 1. The molecule has 0 amide bonds. The van der Waals surface area contributed by atoms with Crippen LogP contribution in [0.1, 0.15) is 5.69 Å². The van der Waals surface area contributed by atoms with Crippen LogP contribution < -0.4 is 5.84 Å². The largest absolute Gasteiger partial charge is 0.305 e. The monoisotopic (exact) mass is 136 g/mol. The van der Waals surface area contributed by atoms with Gasteiger partial charge in [-0.3, -0.25) is 4.98 Å². The summed E-state index contributed by atoms with van der Waals surface area (Å²) in [6.07, 6.45) is 1.70. The maximum atomic E-state index is 4.86. The van der Waals surface area contributed by atoms with Crippen LogP contribution in [0.15, 0.2) is 28.7 Å². The summed E-state index contributed by atoms with van der Waals surface area (Å²) in [7, 11) is 0. The molecule has 52 valence electrons. The standard InChI is InChI=1S/C6H8N4/c1-5-6(9-10-7)3-2-4-8-5/h2-4H,1H3,(H2,7,9). The first-order valence-electron chi connectivity index (χ1n) is 2.87. The topological polar surface area (TPSA) is 63.6 Å². The average Bonchev–Trinajstić information content (AvgIpc) is 1.94. The van der Waals surface area contributed by atoms with E-state index < -0.39 is 0 Å². The van der Waals surface area contributed by atoms with E-state index in [0.29, 0.717) is 5.69 Å². The quantitative estimate of drug-likeness (QED) is 0.359. The van der Waals surface area contributed by atoms with Crippen molar-refractivity contribution in [3.8, 4) is 0 Å². The van der Waals surface area contributed by atoms with Crippen molar-refractivity contribution in [3.05, 3.63) is 24.0 Å². The zero-order valence-corrected chi connectivity index (χ0v) is 5.65. The highest BCUT2D eigenvalue weighted by Crippen LogP contribution is 2.13. The Balaban J connectivity index is 3.03. The van der Waals surface area contributed by atoms with Crippen molar-refractivity contribution in [2.75, 3.05) is 0 Å². The van der Waals surface area contributed by atoms with E-state index in [4.69, 9.17) is 5.84 Å². The van der Waals surface area contributed by atoms with E-state index in [2.05, 4.69) is 15.3 Å². The van der Waals surface area contributed by atoms with Gasteiger partial charge >= 0.3 is 0 Å².